The fourth-order valence-electron chi connectivity index (χ4n) is 1.56. The maximum Gasteiger partial charge on any atom is 0.238 e. The number of carbonyl (C=O) groups excluding carboxylic acids is 2. The Morgan fingerprint density at radius 1 is 1.50 bits per heavy atom. The molecule has 0 spiro atoms. The standard InChI is InChI=1S/C9H10N2O3/c1-6-5-8(12)11(9(6)13)7-3-2-4-10(7)14/h2-4,6,14H,5H2,1H3. The van der Waals surface area contributed by atoms with Crippen molar-refractivity contribution in [2.24, 2.45) is 5.92 Å². The minimum absolute atomic E-state index is 0.212. The highest BCUT2D eigenvalue weighted by Gasteiger charge is 2.38. The molecule has 1 aromatic heterocycles. The topological polar surface area (TPSA) is 62.5 Å². The van der Waals surface area contributed by atoms with Crippen molar-refractivity contribution in [2.45, 2.75) is 13.3 Å². The van der Waals surface area contributed by atoms with Gasteiger partial charge in [-0.2, -0.15) is 4.73 Å². The van der Waals surface area contributed by atoms with Crippen LogP contribution in [0.4, 0.5) is 5.82 Å². The van der Waals surface area contributed by atoms with Crippen LogP contribution in [0.2, 0.25) is 0 Å². The minimum atomic E-state index is -0.294. The summed E-state index contributed by atoms with van der Waals surface area (Å²) in [6, 6.07) is 3.09. The molecule has 0 bridgehead atoms. The SMILES string of the molecule is CC1CC(=O)N(c2cccn2O)C1=O. The number of hydrogen-bond donors (Lipinski definition) is 1. The summed E-state index contributed by atoms with van der Waals surface area (Å²) in [7, 11) is 0. The molecule has 1 atom stereocenters. The molecule has 1 aliphatic heterocycles. The Balaban J connectivity index is 2.40. The molecule has 1 aromatic rings. The van der Waals surface area contributed by atoms with Gasteiger partial charge in [-0.15, -0.1) is 0 Å². The van der Waals surface area contributed by atoms with Crippen molar-refractivity contribution in [1.82, 2.24) is 4.73 Å². The van der Waals surface area contributed by atoms with Crippen LogP contribution in [0.3, 0.4) is 0 Å². The van der Waals surface area contributed by atoms with E-state index in [4.69, 9.17) is 0 Å². The third-order valence-corrected chi connectivity index (χ3v) is 2.31. The lowest BCUT2D eigenvalue weighted by Gasteiger charge is -2.13. The highest BCUT2D eigenvalue weighted by molar-refractivity contribution is 6.20. The van der Waals surface area contributed by atoms with Gasteiger partial charge in [-0.3, -0.25) is 9.59 Å². The summed E-state index contributed by atoms with van der Waals surface area (Å²) < 4.78 is 0.772. The highest BCUT2D eigenvalue weighted by Crippen LogP contribution is 2.25. The zero-order chi connectivity index (χ0) is 10.3. The van der Waals surface area contributed by atoms with Gasteiger partial charge in [0, 0.05) is 18.5 Å². The molecule has 5 heteroatoms. The van der Waals surface area contributed by atoms with Gasteiger partial charge in [-0.05, 0) is 12.1 Å². The third-order valence-electron chi connectivity index (χ3n) is 2.31. The molecule has 2 amide bonds. The molecule has 1 saturated heterocycles. The van der Waals surface area contributed by atoms with E-state index < -0.39 is 0 Å². The molecule has 5 nitrogen and oxygen atoms in total. The maximum atomic E-state index is 11.5. The normalized spacial score (nSPS) is 22.1. The van der Waals surface area contributed by atoms with Gasteiger partial charge in [0.1, 0.15) is 0 Å². The van der Waals surface area contributed by atoms with Crippen molar-refractivity contribution in [2.75, 3.05) is 4.90 Å². The molecular weight excluding hydrogens is 184 g/mol. The van der Waals surface area contributed by atoms with E-state index in [9.17, 15) is 14.8 Å². The van der Waals surface area contributed by atoms with Crippen molar-refractivity contribution in [1.29, 1.82) is 0 Å². The van der Waals surface area contributed by atoms with Crippen molar-refractivity contribution in [3.63, 3.8) is 0 Å². The molecule has 1 aliphatic rings. The highest BCUT2D eigenvalue weighted by atomic mass is 16.5. The Hall–Kier alpha value is -1.78. The summed E-state index contributed by atoms with van der Waals surface area (Å²) >= 11 is 0. The van der Waals surface area contributed by atoms with Crippen molar-refractivity contribution < 1.29 is 14.8 Å². The lowest BCUT2D eigenvalue weighted by atomic mass is 10.1. The van der Waals surface area contributed by atoms with E-state index in [-0.39, 0.29) is 30.0 Å². The Labute approximate surface area is 80.5 Å². The zero-order valence-corrected chi connectivity index (χ0v) is 7.67. The van der Waals surface area contributed by atoms with Gasteiger partial charge in [0.05, 0.1) is 0 Å². The van der Waals surface area contributed by atoms with Crippen LogP contribution < -0.4 is 4.90 Å². The van der Waals surface area contributed by atoms with Gasteiger partial charge in [-0.25, -0.2) is 4.90 Å². The predicted molar refractivity (Wildman–Crippen MR) is 47.9 cm³/mol. The number of rotatable bonds is 1. The molecular formula is C9H10N2O3. The van der Waals surface area contributed by atoms with E-state index in [2.05, 4.69) is 0 Å². The Morgan fingerprint density at radius 3 is 2.64 bits per heavy atom. The van der Waals surface area contributed by atoms with Crippen LogP contribution in [0.1, 0.15) is 13.3 Å². The zero-order valence-electron chi connectivity index (χ0n) is 7.67. The maximum absolute atomic E-state index is 11.5. The number of anilines is 1. The molecule has 1 unspecified atom stereocenters. The predicted octanol–water partition coefficient (Wildman–Crippen LogP) is 0.625. The van der Waals surface area contributed by atoms with Gasteiger partial charge in [0.2, 0.25) is 11.8 Å². The molecule has 0 aliphatic carbocycles. The first-order valence-electron chi connectivity index (χ1n) is 4.34. The Morgan fingerprint density at radius 2 is 2.21 bits per heavy atom. The fraction of sp³-hybridized carbons (Fsp3) is 0.333. The van der Waals surface area contributed by atoms with Gasteiger partial charge < -0.3 is 5.21 Å². The summed E-state index contributed by atoms with van der Waals surface area (Å²) in [6.45, 7) is 1.70. The molecule has 0 aromatic carbocycles. The Bertz CT molecular complexity index is 397. The van der Waals surface area contributed by atoms with E-state index in [0.29, 0.717) is 0 Å². The first-order valence-corrected chi connectivity index (χ1v) is 4.34. The van der Waals surface area contributed by atoms with Crippen LogP contribution in [0.15, 0.2) is 18.3 Å². The van der Waals surface area contributed by atoms with Gasteiger partial charge in [-0.1, -0.05) is 6.92 Å². The number of imide groups is 1. The summed E-state index contributed by atoms with van der Waals surface area (Å²) in [5.41, 5.74) is 0. The molecule has 2 rings (SSSR count). The van der Waals surface area contributed by atoms with E-state index in [1.807, 2.05) is 0 Å². The van der Waals surface area contributed by atoms with E-state index in [1.165, 1.54) is 12.3 Å². The number of amides is 2. The molecule has 2 heterocycles. The lowest BCUT2D eigenvalue weighted by molar-refractivity contribution is -0.122. The lowest BCUT2D eigenvalue weighted by Crippen LogP contribution is -2.31. The molecule has 0 radical (unpaired) electrons. The number of hydrogen-bond acceptors (Lipinski definition) is 3. The fourth-order valence-corrected chi connectivity index (χ4v) is 1.56. The van der Waals surface area contributed by atoms with Gasteiger partial charge >= 0.3 is 0 Å². The third kappa shape index (κ3) is 1.09. The van der Waals surface area contributed by atoms with Gasteiger partial charge in [0.25, 0.3) is 0 Å². The molecule has 0 saturated carbocycles. The second kappa shape index (κ2) is 2.87. The van der Waals surface area contributed by atoms with Crippen molar-refractivity contribution in [3.05, 3.63) is 18.3 Å². The summed E-state index contributed by atoms with van der Waals surface area (Å²) in [4.78, 5) is 24.0. The molecule has 14 heavy (non-hydrogen) atoms. The van der Waals surface area contributed by atoms with Crippen molar-refractivity contribution in [3.8, 4) is 0 Å². The molecule has 1 fully saturated rings. The van der Waals surface area contributed by atoms with Crippen molar-refractivity contribution >= 4 is 17.6 Å². The number of nitrogens with zero attached hydrogens (tertiary/aromatic N) is 2. The monoisotopic (exact) mass is 194 g/mol. The van der Waals surface area contributed by atoms with E-state index in [1.54, 1.807) is 13.0 Å². The van der Waals surface area contributed by atoms with Crippen LogP contribution in [0, 0.1) is 5.92 Å². The van der Waals surface area contributed by atoms with E-state index in [0.717, 1.165) is 9.63 Å². The summed E-state index contributed by atoms with van der Waals surface area (Å²) in [5, 5.41) is 9.30. The second-order valence-electron chi connectivity index (χ2n) is 3.38. The van der Waals surface area contributed by atoms with Crippen LogP contribution in [-0.2, 0) is 9.59 Å². The number of aromatic nitrogens is 1. The van der Waals surface area contributed by atoms with Crippen LogP contribution in [0.5, 0.6) is 0 Å². The van der Waals surface area contributed by atoms with E-state index >= 15 is 0 Å². The quantitative estimate of drug-likeness (QED) is 0.526. The van der Waals surface area contributed by atoms with Crippen LogP contribution in [0.25, 0.3) is 0 Å². The molecule has 1 N–H and O–H groups in total. The van der Waals surface area contributed by atoms with Gasteiger partial charge in [0.15, 0.2) is 5.82 Å². The average molecular weight is 194 g/mol. The van der Waals surface area contributed by atoms with Crippen LogP contribution >= 0.6 is 0 Å². The Kier molecular flexibility index (Phi) is 1.80. The average Bonchev–Trinajstić information content (AvgIpc) is 2.60. The van der Waals surface area contributed by atoms with Crippen LogP contribution in [-0.4, -0.2) is 21.8 Å². The summed E-state index contributed by atoms with van der Waals surface area (Å²) in [5.74, 6) is -0.609. The first kappa shape index (κ1) is 8.80. The minimum Gasteiger partial charge on any atom is -0.427 e. The summed E-state index contributed by atoms with van der Waals surface area (Å²) in [6.07, 6.45) is 1.59. The first-order chi connectivity index (χ1) is 6.61. The largest absolute Gasteiger partial charge is 0.427 e. The second-order valence-corrected chi connectivity index (χ2v) is 3.38. The number of carbonyl (C=O) groups is 2. The smallest absolute Gasteiger partial charge is 0.238 e. The molecule has 74 valence electrons.